The molecule has 0 atom stereocenters. The van der Waals surface area contributed by atoms with Crippen LogP contribution in [0.3, 0.4) is 0 Å². The minimum absolute atomic E-state index is 0.302. The quantitative estimate of drug-likeness (QED) is 0.431. The van der Waals surface area contributed by atoms with E-state index in [1.165, 1.54) is 6.33 Å². The Morgan fingerprint density at radius 1 is 0.767 bits per heavy atom. The van der Waals surface area contributed by atoms with E-state index in [9.17, 15) is 4.79 Å². The maximum absolute atomic E-state index is 10.5. The van der Waals surface area contributed by atoms with Crippen LogP contribution < -0.4 is 20.5 Å². The molecule has 1 heterocycles. The van der Waals surface area contributed by atoms with Crippen LogP contribution in [0, 0.1) is 0 Å². The zero-order chi connectivity index (χ0) is 20.8. The standard InChI is InChI=1S/C23H18N4O3/c24-22-21(16-6-10-19(11-7-16)29-18-4-2-1-3-5-18)23(26-14-25-22)30-20-12-8-17(9-13-20)27-15-28/h1-15H,(H,27,28)(H2,24,25,26). The highest BCUT2D eigenvalue weighted by atomic mass is 16.5. The molecule has 0 radical (unpaired) electrons. The third-order valence-corrected chi connectivity index (χ3v) is 4.26. The van der Waals surface area contributed by atoms with Gasteiger partial charge in [-0.1, -0.05) is 30.3 Å². The fraction of sp³-hybridized carbons (Fsp3) is 0. The van der Waals surface area contributed by atoms with Crippen LogP contribution in [0.4, 0.5) is 11.5 Å². The van der Waals surface area contributed by atoms with Crippen molar-refractivity contribution in [3.05, 3.63) is 85.2 Å². The first-order valence-electron chi connectivity index (χ1n) is 9.15. The third-order valence-electron chi connectivity index (χ3n) is 4.26. The van der Waals surface area contributed by atoms with Crippen LogP contribution in [0.15, 0.2) is 85.2 Å². The van der Waals surface area contributed by atoms with Gasteiger partial charge in [0, 0.05) is 5.69 Å². The molecule has 7 nitrogen and oxygen atoms in total. The summed E-state index contributed by atoms with van der Waals surface area (Å²) in [6.07, 6.45) is 1.97. The number of carbonyl (C=O) groups excluding carboxylic acids is 1. The lowest BCUT2D eigenvalue weighted by Crippen LogP contribution is -2.00. The Bertz CT molecular complexity index is 1130. The van der Waals surface area contributed by atoms with Crippen LogP contribution in [-0.4, -0.2) is 16.4 Å². The lowest BCUT2D eigenvalue weighted by Gasteiger charge is -2.13. The first kappa shape index (κ1) is 18.9. The summed E-state index contributed by atoms with van der Waals surface area (Å²) in [6, 6.07) is 23.9. The average molecular weight is 398 g/mol. The van der Waals surface area contributed by atoms with Crippen molar-refractivity contribution >= 4 is 17.9 Å². The molecule has 0 saturated carbocycles. The van der Waals surface area contributed by atoms with E-state index < -0.39 is 0 Å². The number of nitrogen functional groups attached to an aromatic ring is 1. The van der Waals surface area contributed by atoms with Crippen LogP contribution in [0.2, 0.25) is 0 Å². The van der Waals surface area contributed by atoms with E-state index in [0.29, 0.717) is 40.9 Å². The normalized spacial score (nSPS) is 10.3. The second-order valence-electron chi connectivity index (χ2n) is 6.27. The Labute approximate surface area is 173 Å². The number of nitrogens with zero attached hydrogens (tertiary/aromatic N) is 2. The molecule has 1 amide bonds. The third kappa shape index (κ3) is 4.36. The van der Waals surface area contributed by atoms with Crippen molar-refractivity contribution in [1.29, 1.82) is 0 Å². The predicted octanol–water partition coefficient (Wildman–Crippen LogP) is 4.88. The summed E-state index contributed by atoms with van der Waals surface area (Å²) in [6.45, 7) is 0. The van der Waals surface area contributed by atoms with E-state index in [2.05, 4.69) is 15.3 Å². The molecule has 30 heavy (non-hydrogen) atoms. The summed E-state index contributed by atoms with van der Waals surface area (Å²) in [5, 5.41) is 2.57. The second kappa shape index (κ2) is 8.74. The maximum Gasteiger partial charge on any atom is 0.232 e. The van der Waals surface area contributed by atoms with E-state index in [4.69, 9.17) is 15.2 Å². The Hall–Kier alpha value is -4.39. The number of nitrogens with two attached hydrogens (primary N) is 1. The van der Waals surface area contributed by atoms with Gasteiger partial charge in [0.1, 0.15) is 29.4 Å². The van der Waals surface area contributed by atoms with Gasteiger partial charge in [0.2, 0.25) is 12.3 Å². The Balaban J connectivity index is 1.58. The number of benzene rings is 3. The molecular weight excluding hydrogens is 380 g/mol. The van der Waals surface area contributed by atoms with Gasteiger partial charge >= 0.3 is 0 Å². The van der Waals surface area contributed by atoms with Gasteiger partial charge in [-0.3, -0.25) is 4.79 Å². The average Bonchev–Trinajstić information content (AvgIpc) is 2.77. The van der Waals surface area contributed by atoms with Gasteiger partial charge < -0.3 is 20.5 Å². The van der Waals surface area contributed by atoms with E-state index in [0.717, 1.165) is 11.3 Å². The molecule has 3 N–H and O–H groups in total. The molecule has 1 aromatic heterocycles. The molecule has 0 aliphatic rings. The van der Waals surface area contributed by atoms with Crippen LogP contribution in [-0.2, 0) is 4.79 Å². The number of hydrogen-bond donors (Lipinski definition) is 2. The number of para-hydroxylation sites is 1. The highest BCUT2D eigenvalue weighted by molar-refractivity contribution is 5.78. The number of rotatable bonds is 7. The lowest BCUT2D eigenvalue weighted by atomic mass is 10.1. The molecule has 0 aliphatic carbocycles. The molecular formula is C23H18N4O3. The van der Waals surface area contributed by atoms with Crippen molar-refractivity contribution in [3.63, 3.8) is 0 Å². The lowest BCUT2D eigenvalue weighted by molar-refractivity contribution is -0.105. The first-order valence-corrected chi connectivity index (χ1v) is 9.15. The van der Waals surface area contributed by atoms with Crippen LogP contribution in [0.5, 0.6) is 23.1 Å². The van der Waals surface area contributed by atoms with Gasteiger partial charge in [-0.2, -0.15) is 0 Å². The molecule has 0 unspecified atom stereocenters. The van der Waals surface area contributed by atoms with Gasteiger partial charge in [-0.15, -0.1) is 0 Å². The monoisotopic (exact) mass is 398 g/mol. The smallest absolute Gasteiger partial charge is 0.232 e. The van der Waals surface area contributed by atoms with Gasteiger partial charge in [-0.05, 0) is 54.1 Å². The maximum atomic E-state index is 10.5. The Kier molecular flexibility index (Phi) is 5.52. The topological polar surface area (TPSA) is 99.4 Å². The molecule has 0 fully saturated rings. The molecule has 4 rings (SSSR count). The SMILES string of the molecule is Nc1ncnc(Oc2ccc(NC=O)cc2)c1-c1ccc(Oc2ccccc2)cc1. The van der Waals surface area contributed by atoms with Gasteiger partial charge in [0.25, 0.3) is 0 Å². The minimum Gasteiger partial charge on any atom is -0.457 e. The summed E-state index contributed by atoms with van der Waals surface area (Å²) >= 11 is 0. The molecule has 0 saturated heterocycles. The second-order valence-corrected chi connectivity index (χ2v) is 6.27. The minimum atomic E-state index is 0.302. The van der Waals surface area contributed by atoms with Crippen molar-refractivity contribution in [3.8, 4) is 34.3 Å². The molecule has 0 bridgehead atoms. The summed E-state index contributed by atoms with van der Waals surface area (Å²) in [7, 11) is 0. The highest BCUT2D eigenvalue weighted by Gasteiger charge is 2.14. The largest absolute Gasteiger partial charge is 0.457 e. The molecule has 148 valence electrons. The summed E-state index contributed by atoms with van der Waals surface area (Å²) < 4.78 is 11.8. The number of hydrogen-bond acceptors (Lipinski definition) is 6. The van der Waals surface area contributed by atoms with Crippen LogP contribution in [0.25, 0.3) is 11.1 Å². The fourth-order valence-electron chi connectivity index (χ4n) is 2.84. The molecule has 0 aliphatic heterocycles. The number of ether oxygens (including phenoxy) is 2. The van der Waals surface area contributed by atoms with Crippen LogP contribution in [0.1, 0.15) is 0 Å². The summed E-state index contributed by atoms with van der Waals surface area (Å²) in [5.74, 6) is 2.63. The van der Waals surface area contributed by atoms with Crippen LogP contribution >= 0.6 is 0 Å². The van der Waals surface area contributed by atoms with Gasteiger partial charge in [0.15, 0.2) is 0 Å². The van der Waals surface area contributed by atoms with Crippen molar-refractivity contribution in [1.82, 2.24) is 9.97 Å². The number of nitrogens with one attached hydrogen (secondary N) is 1. The molecule has 4 aromatic rings. The molecule has 0 spiro atoms. The van der Waals surface area contributed by atoms with Crippen molar-refractivity contribution in [2.75, 3.05) is 11.1 Å². The zero-order valence-corrected chi connectivity index (χ0v) is 15.9. The number of aromatic nitrogens is 2. The van der Waals surface area contributed by atoms with E-state index in [1.54, 1.807) is 24.3 Å². The molecule has 7 heteroatoms. The van der Waals surface area contributed by atoms with Crippen molar-refractivity contribution in [2.45, 2.75) is 0 Å². The summed E-state index contributed by atoms with van der Waals surface area (Å²) in [4.78, 5) is 18.9. The summed E-state index contributed by atoms with van der Waals surface area (Å²) in [5.41, 5.74) is 8.16. The van der Waals surface area contributed by atoms with E-state index in [1.807, 2.05) is 54.6 Å². The zero-order valence-electron chi connectivity index (χ0n) is 15.9. The first-order chi connectivity index (χ1) is 14.7. The van der Waals surface area contributed by atoms with E-state index >= 15 is 0 Å². The van der Waals surface area contributed by atoms with Gasteiger partial charge in [-0.25, -0.2) is 9.97 Å². The van der Waals surface area contributed by atoms with Crippen molar-refractivity contribution in [2.24, 2.45) is 0 Å². The number of amides is 1. The predicted molar refractivity (Wildman–Crippen MR) is 115 cm³/mol. The Morgan fingerprint density at radius 3 is 2.10 bits per heavy atom. The highest BCUT2D eigenvalue weighted by Crippen LogP contribution is 2.36. The number of anilines is 2. The van der Waals surface area contributed by atoms with Gasteiger partial charge in [0.05, 0.1) is 5.56 Å². The fourth-order valence-corrected chi connectivity index (χ4v) is 2.84. The molecule has 3 aromatic carbocycles. The number of carbonyl (C=O) groups is 1. The van der Waals surface area contributed by atoms with Crippen molar-refractivity contribution < 1.29 is 14.3 Å². The Morgan fingerprint density at radius 2 is 1.40 bits per heavy atom. The van der Waals surface area contributed by atoms with E-state index in [-0.39, 0.29) is 0 Å².